The number of hydrogen-bond donors (Lipinski definition) is 1. The summed E-state index contributed by atoms with van der Waals surface area (Å²) < 4.78 is 2.61. The van der Waals surface area contributed by atoms with Crippen LogP contribution < -0.4 is 5.73 Å². The monoisotopic (exact) mass is 343 g/mol. The van der Waals surface area contributed by atoms with E-state index >= 15 is 0 Å². The number of nitrogens with zero attached hydrogens (tertiary/aromatic N) is 4. The minimum atomic E-state index is 0.659. The van der Waals surface area contributed by atoms with Crippen LogP contribution in [0, 0.1) is 13.8 Å². The van der Waals surface area contributed by atoms with Crippen LogP contribution in [-0.2, 0) is 0 Å². The summed E-state index contributed by atoms with van der Waals surface area (Å²) in [5.41, 5.74) is 10.8. The van der Waals surface area contributed by atoms with Gasteiger partial charge >= 0.3 is 0 Å². The number of rotatable bonds is 2. The summed E-state index contributed by atoms with van der Waals surface area (Å²) >= 11 is 3.44. The highest BCUT2D eigenvalue weighted by atomic mass is 79.9. The molecular formula is C15H14BrN5. The second-order valence-corrected chi connectivity index (χ2v) is 5.87. The first-order valence-electron chi connectivity index (χ1n) is 6.47. The summed E-state index contributed by atoms with van der Waals surface area (Å²) in [5, 5.41) is 12.0. The van der Waals surface area contributed by atoms with Crippen molar-refractivity contribution >= 4 is 21.6 Å². The summed E-state index contributed by atoms with van der Waals surface area (Å²) in [6, 6.07) is 11.8. The molecule has 6 heteroatoms. The van der Waals surface area contributed by atoms with Crippen molar-refractivity contribution in [2.75, 3.05) is 5.73 Å². The van der Waals surface area contributed by atoms with Gasteiger partial charge in [0.05, 0.1) is 5.69 Å². The Balaban J connectivity index is 2.14. The van der Waals surface area contributed by atoms with E-state index in [-0.39, 0.29) is 0 Å². The molecule has 0 radical (unpaired) electrons. The lowest BCUT2D eigenvalue weighted by Crippen LogP contribution is -2.01. The molecule has 0 atom stereocenters. The zero-order valence-electron chi connectivity index (χ0n) is 11.7. The molecule has 3 rings (SSSR count). The molecule has 0 aliphatic carbocycles. The highest BCUT2D eigenvalue weighted by Crippen LogP contribution is 2.26. The van der Waals surface area contributed by atoms with Crippen molar-refractivity contribution in [1.82, 2.24) is 20.2 Å². The Bertz CT molecular complexity index is 789. The van der Waals surface area contributed by atoms with Crippen LogP contribution in [0.5, 0.6) is 0 Å². The minimum Gasteiger partial charge on any atom is -0.399 e. The average molecular weight is 344 g/mol. The van der Waals surface area contributed by atoms with Gasteiger partial charge in [-0.3, -0.25) is 0 Å². The molecule has 0 spiro atoms. The molecule has 5 nitrogen and oxygen atoms in total. The predicted octanol–water partition coefficient (Wildman–Crippen LogP) is 3.29. The second-order valence-electron chi connectivity index (χ2n) is 4.96. The van der Waals surface area contributed by atoms with Crippen LogP contribution in [-0.4, -0.2) is 20.2 Å². The fourth-order valence-electron chi connectivity index (χ4n) is 2.14. The van der Waals surface area contributed by atoms with Gasteiger partial charge in [0.1, 0.15) is 0 Å². The van der Waals surface area contributed by atoms with E-state index in [1.807, 2.05) is 24.3 Å². The lowest BCUT2D eigenvalue weighted by molar-refractivity contribution is 0.790. The number of aryl methyl sites for hydroxylation is 2. The van der Waals surface area contributed by atoms with Gasteiger partial charge in [-0.1, -0.05) is 22.0 Å². The number of anilines is 1. The van der Waals surface area contributed by atoms with Gasteiger partial charge in [-0.2, -0.15) is 4.68 Å². The Morgan fingerprint density at radius 1 is 1.05 bits per heavy atom. The van der Waals surface area contributed by atoms with E-state index in [1.165, 1.54) is 11.1 Å². The molecule has 0 amide bonds. The molecule has 0 aliphatic heterocycles. The number of tetrazole rings is 1. The second kappa shape index (κ2) is 5.29. The molecule has 1 aromatic heterocycles. The third kappa shape index (κ3) is 2.67. The minimum absolute atomic E-state index is 0.659. The van der Waals surface area contributed by atoms with Crippen molar-refractivity contribution in [2.45, 2.75) is 13.8 Å². The van der Waals surface area contributed by atoms with E-state index in [2.05, 4.69) is 57.4 Å². The van der Waals surface area contributed by atoms with Gasteiger partial charge in [-0.05, 0) is 65.7 Å². The van der Waals surface area contributed by atoms with Crippen LogP contribution in [0.4, 0.5) is 5.69 Å². The number of halogens is 1. The van der Waals surface area contributed by atoms with E-state index in [1.54, 1.807) is 4.68 Å². The molecular weight excluding hydrogens is 330 g/mol. The summed E-state index contributed by atoms with van der Waals surface area (Å²) in [4.78, 5) is 0. The molecule has 1 heterocycles. The molecule has 2 N–H and O–H groups in total. The van der Waals surface area contributed by atoms with E-state index < -0.39 is 0 Å². The number of nitrogen functional groups attached to an aromatic ring is 1. The van der Waals surface area contributed by atoms with Crippen molar-refractivity contribution in [3.05, 3.63) is 52.0 Å². The van der Waals surface area contributed by atoms with Crippen molar-refractivity contribution in [2.24, 2.45) is 0 Å². The summed E-state index contributed by atoms with van der Waals surface area (Å²) in [5.74, 6) is 0.659. The molecule has 106 valence electrons. The quantitative estimate of drug-likeness (QED) is 0.725. The number of aromatic nitrogens is 4. The maximum absolute atomic E-state index is 5.89. The third-order valence-corrected chi connectivity index (χ3v) is 3.84. The van der Waals surface area contributed by atoms with Crippen molar-refractivity contribution < 1.29 is 0 Å². The maximum Gasteiger partial charge on any atom is 0.187 e. The van der Waals surface area contributed by atoms with E-state index in [4.69, 9.17) is 5.73 Å². The van der Waals surface area contributed by atoms with E-state index in [9.17, 15) is 0 Å². The molecule has 3 aromatic rings. The standard InChI is InChI=1S/C15H14BrN5/c1-9-3-4-14(5-10(9)2)21-15(18-19-20-21)11-6-12(16)8-13(17)7-11/h3-8H,17H2,1-2H3. The van der Waals surface area contributed by atoms with Crippen molar-refractivity contribution in [3.63, 3.8) is 0 Å². The average Bonchev–Trinajstić information content (AvgIpc) is 2.90. The Morgan fingerprint density at radius 2 is 1.86 bits per heavy atom. The lowest BCUT2D eigenvalue weighted by atomic mass is 10.1. The van der Waals surface area contributed by atoms with Crippen LogP contribution >= 0.6 is 15.9 Å². The molecule has 0 bridgehead atoms. The van der Waals surface area contributed by atoms with Gasteiger partial charge in [0.25, 0.3) is 0 Å². The first-order valence-corrected chi connectivity index (χ1v) is 7.26. The van der Waals surface area contributed by atoms with Crippen LogP contribution in [0.15, 0.2) is 40.9 Å². The number of benzene rings is 2. The highest BCUT2D eigenvalue weighted by Gasteiger charge is 2.12. The molecule has 0 unspecified atom stereocenters. The molecule has 0 aliphatic rings. The predicted molar refractivity (Wildman–Crippen MR) is 86.2 cm³/mol. The zero-order chi connectivity index (χ0) is 15.0. The number of nitrogens with two attached hydrogens (primary N) is 1. The SMILES string of the molecule is Cc1ccc(-n2nnnc2-c2cc(N)cc(Br)c2)cc1C. The highest BCUT2D eigenvalue weighted by molar-refractivity contribution is 9.10. The fraction of sp³-hybridized carbons (Fsp3) is 0.133. The van der Waals surface area contributed by atoms with Crippen LogP contribution in [0.1, 0.15) is 11.1 Å². The van der Waals surface area contributed by atoms with Gasteiger partial charge in [-0.15, -0.1) is 5.10 Å². The van der Waals surface area contributed by atoms with Crippen molar-refractivity contribution in [1.29, 1.82) is 0 Å². The van der Waals surface area contributed by atoms with Gasteiger partial charge in [0.2, 0.25) is 0 Å². The Labute approximate surface area is 130 Å². The first-order chi connectivity index (χ1) is 10.0. The lowest BCUT2D eigenvalue weighted by Gasteiger charge is -2.08. The molecule has 0 fully saturated rings. The Morgan fingerprint density at radius 3 is 2.57 bits per heavy atom. The molecule has 2 aromatic carbocycles. The maximum atomic E-state index is 5.89. The van der Waals surface area contributed by atoms with Gasteiger partial charge < -0.3 is 5.73 Å². The Kier molecular flexibility index (Phi) is 3.47. The van der Waals surface area contributed by atoms with Gasteiger partial charge in [0, 0.05) is 15.7 Å². The van der Waals surface area contributed by atoms with Gasteiger partial charge in [-0.25, -0.2) is 0 Å². The molecule has 0 saturated heterocycles. The Hall–Kier alpha value is -2.21. The first kappa shape index (κ1) is 13.8. The van der Waals surface area contributed by atoms with Gasteiger partial charge in [0.15, 0.2) is 5.82 Å². The normalized spacial score (nSPS) is 10.8. The van der Waals surface area contributed by atoms with Crippen LogP contribution in [0.2, 0.25) is 0 Å². The fourth-order valence-corrected chi connectivity index (χ4v) is 2.65. The summed E-state index contributed by atoms with van der Waals surface area (Å²) in [7, 11) is 0. The van der Waals surface area contributed by atoms with Crippen LogP contribution in [0.25, 0.3) is 17.1 Å². The largest absolute Gasteiger partial charge is 0.399 e. The third-order valence-electron chi connectivity index (χ3n) is 3.38. The smallest absolute Gasteiger partial charge is 0.187 e. The molecule has 21 heavy (non-hydrogen) atoms. The van der Waals surface area contributed by atoms with Crippen molar-refractivity contribution in [3.8, 4) is 17.1 Å². The number of hydrogen-bond acceptors (Lipinski definition) is 4. The molecule has 0 saturated carbocycles. The summed E-state index contributed by atoms with van der Waals surface area (Å²) in [6.07, 6.45) is 0. The van der Waals surface area contributed by atoms with E-state index in [0.29, 0.717) is 11.5 Å². The van der Waals surface area contributed by atoms with Crippen LogP contribution in [0.3, 0.4) is 0 Å². The zero-order valence-corrected chi connectivity index (χ0v) is 13.3. The summed E-state index contributed by atoms with van der Waals surface area (Å²) in [6.45, 7) is 4.15. The topological polar surface area (TPSA) is 69.6 Å². The van der Waals surface area contributed by atoms with E-state index in [0.717, 1.165) is 15.7 Å².